The quantitative estimate of drug-likeness (QED) is 0.424. The highest BCUT2D eigenvalue weighted by atomic mass is 16.3. The van der Waals surface area contributed by atoms with E-state index in [0.29, 0.717) is 13.1 Å². The minimum Gasteiger partial charge on any atom is -0.507 e. The second-order valence-corrected chi connectivity index (χ2v) is 7.05. The third-order valence-electron chi connectivity index (χ3n) is 4.96. The number of quaternary nitrogens is 2. The molecule has 0 bridgehead atoms. The van der Waals surface area contributed by atoms with Gasteiger partial charge in [-0.3, -0.25) is 0 Å². The van der Waals surface area contributed by atoms with Crippen molar-refractivity contribution in [2.75, 3.05) is 26.2 Å². The van der Waals surface area contributed by atoms with Crippen LogP contribution in [-0.4, -0.2) is 36.4 Å². The number of nitrogens with one attached hydrogen (secondary N) is 2. The SMILES string of the molecule is C=CC[NH+](CC=C)Cc1c(O)ccc2c(C[NH+](CC=C)CC=C)c(O)ccc12. The first kappa shape index (κ1) is 21.5. The maximum atomic E-state index is 10.5. The van der Waals surface area contributed by atoms with Crippen LogP contribution >= 0.6 is 0 Å². The molecule has 0 amide bonds. The molecule has 0 atom stereocenters. The van der Waals surface area contributed by atoms with Gasteiger partial charge in [-0.05, 0) is 47.2 Å². The monoisotopic (exact) mass is 380 g/mol. The van der Waals surface area contributed by atoms with Gasteiger partial charge in [0.1, 0.15) is 24.6 Å². The number of phenols is 2. The third kappa shape index (κ3) is 5.12. The Morgan fingerprint density at radius 2 is 0.929 bits per heavy atom. The van der Waals surface area contributed by atoms with Crippen LogP contribution < -0.4 is 9.80 Å². The van der Waals surface area contributed by atoms with Crippen molar-refractivity contribution in [3.05, 3.63) is 86.0 Å². The first-order chi connectivity index (χ1) is 13.5. The van der Waals surface area contributed by atoms with Gasteiger partial charge in [0, 0.05) is 0 Å². The molecule has 148 valence electrons. The second kappa shape index (κ2) is 10.5. The van der Waals surface area contributed by atoms with Crippen LogP contribution in [0.2, 0.25) is 0 Å². The summed E-state index contributed by atoms with van der Waals surface area (Å²) in [6.07, 6.45) is 7.52. The summed E-state index contributed by atoms with van der Waals surface area (Å²) in [5.74, 6) is 0.548. The Hall–Kier alpha value is -2.82. The minimum absolute atomic E-state index is 0.274. The normalized spacial score (nSPS) is 11.1. The summed E-state index contributed by atoms with van der Waals surface area (Å²) in [6, 6.07) is 7.23. The Morgan fingerprint density at radius 3 is 1.21 bits per heavy atom. The van der Waals surface area contributed by atoms with E-state index in [0.717, 1.165) is 48.1 Å². The Kier molecular flexibility index (Phi) is 8.05. The topological polar surface area (TPSA) is 49.3 Å². The van der Waals surface area contributed by atoms with Gasteiger partial charge in [0.25, 0.3) is 0 Å². The summed E-state index contributed by atoms with van der Waals surface area (Å²) < 4.78 is 0. The van der Waals surface area contributed by atoms with E-state index in [9.17, 15) is 10.2 Å². The van der Waals surface area contributed by atoms with Crippen LogP contribution in [0.1, 0.15) is 11.1 Å². The predicted molar refractivity (Wildman–Crippen MR) is 117 cm³/mol. The van der Waals surface area contributed by atoms with Crippen molar-refractivity contribution in [2.24, 2.45) is 0 Å². The zero-order valence-corrected chi connectivity index (χ0v) is 16.6. The summed E-state index contributed by atoms with van der Waals surface area (Å²) in [6.45, 7) is 19.8. The molecule has 0 fully saturated rings. The van der Waals surface area contributed by atoms with Gasteiger partial charge in [0.05, 0.1) is 37.3 Å². The van der Waals surface area contributed by atoms with Crippen LogP contribution in [0.15, 0.2) is 74.9 Å². The molecule has 2 rings (SSSR count). The summed E-state index contributed by atoms with van der Waals surface area (Å²) in [5.41, 5.74) is 1.76. The highest BCUT2D eigenvalue weighted by molar-refractivity contribution is 5.91. The van der Waals surface area contributed by atoms with Gasteiger partial charge in [0.15, 0.2) is 0 Å². The van der Waals surface area contributed by atoms with E-state index in [4.69, 9.17) is 0 Å². The molecule has 4 N–H and O–H groups in total. The van der Waals surface area contributed by atoms with Crippen molar-refractivity contribution in [1.29, 1.82) is 0 Å². The van der Waals surface area contributed by atoms with E-state index in [2.05, 4.69) is 26.3 Å². The molecule has 0 spiro atoms. The van der Waals surface area contributed by atoms with E-state index in [1.165, 1.54) is 9.80 Å². The lowest BCUT2D eigenvalue weighted by atomic mass is 9.97. The molecule has 0 saturated heterocycles. The molecule has 0 radical (unpaired) electrons. The van der Waals surface area contributed by atoms with Gasteiger partial charge < -0.3 is 20.0 Å². The fourth-order valence-corrected chi connectivity index (χ4v) is 3.65. The molecular weight excluding hydrogens is 348 g/mol. The lowest BCUT2D eigenvalue weighted by Crippen LogP contribution is -3.10. The van der Waals surface area contributed by atoms with Crippen LogP contribution in [0.5, 0.6) is 11.5 Å². The smallest absolute Gasteiger partial charge is 0.125 e. The van der Waals surface area contributed by atoms with Crippen LogP contribution in [-0.2, 0) is 13.1 Å². The molecule has 0 saturated carbocycles. The molecular formula is C24H32N2O2+2. The lowest BCUT2D eigenvalue weighted by molar-refractivity contribution is -0.902. The fourth-order valence-electron chi connectivity index (χ4n) is 3.65. The number of fused-ring (bicyclic) bond motifs is 1. The van der Waals surface area contributed by atoms with Crippen molar-refractivity contribution in [3.8, 4) is 11.5 Å². The van der Waals surface area contributed by atoms with Crippen molar-refractivity contribution in [3.63, 3.8) is 0 Å². The maximum absolute atomic E-state index is 10.5. The number of hydrogen-bond acceptors (Lipinski definition) is 2. The molecule has 0 aromatic heterocycles. The summed E-state index contributed by atoms with van der Waals surface area (Å²) in [7, 11) is 0. The van der Waals surface area contributed by atoms with Gasteiger partial charge in [-0.2, -0.15) is 0 Å². The highest BCUT2D eigenvalue weighted by Crippen LogP contribution is 2.32. The molecule has 4 heteroatoms. The van der Waals surface area contributed by atoms with E-state index in [1.54, 1.807) is 12.1 Å². The lowest BCUT2D eigenvalue weighted by Gasteiger charge is -2.21. The first-order valence-corrected chi connectivity index (χ1v) is 9.61. The van der Waals surface area contributed by atoms with E-state index in [-0.39, 0.29) is 11.5 Å². The minimum atomic E-state index is 0.274. The largest absolute Gasteiger partial charge is 0.507 e. The number of phenolic OH excluding ortho intramolecular Hbond substituents is 2. The van der Waals surface area contributed by atoms with Gasteiger partial charge in [0.2, 0.25) is 0 Å². The Morgan fingerprint density at radius 1 is 0.607 bits per heavy atom. The van der Waals surface area contributed by atoms with Gasteiger partial charge >= 0.3 is 0 Å². The predicted octanol–water partition coefficient (Wildman–Crippen LogP) is 1.76. The molecule has 28 heavy (non-hydrogen) atoms. The Balaban J connectivity index is 2.51. The number of aromatic hydroxyl groups is 2. The maximum Gasteiger partial charge on any atom is 0.125 e. The summed E-state index contributed by atoms with van der Waals surface area (Å²) in [4.78, 5) is 2.49. The molecule has 0 aliphatic carbocycles. The van der Waals surface area contributed by atoms with E-state index in [1.807, 2.05) is 36.4 Å². The molecule has 2 aromatic carbocycles. The Labute approximate surface area is 168 Å². The van der Waals surface area contributed by atoms with Crippen LogP contribution in [0.25, 0.3) is 10.8 Å². The molecule has 0 heterocycles. The summed E-state index contributed by atoms with van der Waals surface area (Å²) in [5, 5.41) is 23.0. The number of rotatable bonds is 12. The van der Waals surface area contributed by atoms with Crippen molar-refractivity contribution >= 4 is 10.8 Å². The van der Waals surface area contributed by atoms with Crippen LogP contribution in [0, 0.1) is 0 Å². The zero-order valence-electron chi connectivity index (χ0n) is 16.6. The van der Waals surface area contributed by atoms with Gasteiger partial charge in [-0.15, -0.1) is 0 Å². The Bertz CT molecular complexity index is 766. The van der Waals surface area contributed by atoms with Crippen molar-refractivity contribution in [2.45, 2.75) is 13.1 Å². The van der Waals surface area contributed by atoms with Crippen LogP contribution in [0.3, 0.4) is 0 Å². The second-order valence-electron chi connectivity index (χ2n) is 7.05. The molecule has 0 unspecified atom stereocenters. The highest BCUT2D eigenvalue weighted by Gasteiger charge is 2.19. The zero-order chi connectivity index (χ0) is 20.5. The van der Waals surface area contributed by atoms with E-state index < -0.39 is 0 Å². The van der Waals surface area contributed by atoms with Gasteiger partial charge in [-0.25, -0.2) is 0 Å². The van der Waals surface area contributed by atoms with Crippen molar-refractivity contribution < 1.29 is 20.0 Å². The van der Waals surface area contributed by atoms with Gasteiger partial charge in [-0.1, -0.05) is 38.4 Å². The van der Waals surface area contributed by atoms with Crippen LogP contribution in [0.4, 0.5) is 0 Å². The molecule has 2 aromatic rings. The standard InChI is InChI=1S/C24H30N2O2/c1-5-13-25(14-6-2)17-21-19-9-12-24(28)22(20(19)10-11-23(21)27)18-26(15-7-3)16-8-4/h5-12,27-28H,1-4,13-18H2/p+2. The molecule has 0 aliphatic rings. The third-order valence-corrected chi connectivity index (χ3v) is 4.96. The fraction of sp³-hybridized carbons (Fsp3) is 0.250. The molecule has 4 nitrogen and oxygen atoms in total. The van der Waals surface area contributed by atoms with Crippen molar-refractivity contribution in [1.82, 2.24) is 0 Å². The van der Waals surface area contributed by atoms with E-state index >= 15 is 0 Å². The summed E-state index contributed by atoms with van der Waals surface area (Å²) >= 11 is 0. The average molecular weight is 381 g/mol. The molecule has 0 aliphatic heterocycles. The first-order valence-electron chi connectivity index (χ1n) is 9.61. The number of benzene rings is 2. The number of hydrogen-bond donors (Lipinski definition) is 4. The average Bonchev–Trinajstić information content (AvgIpc) is 2.66.